The van der Waals surface area contributed by atoms with E-state index in [1.54, 1.807) is 68.6 Å². The molecule has 0 saturated heterocycles. The van der Waals surface area contributed by atoms with E-state index in [0.717, 1.165) is 15.4 Å². The predicted octanol–water partition coefficient (Wildman–Crippen LogP) is 5.18. The van der Waals surface area contributed by atoms with Crippen LogP contribution in [0.1, 0.15) is 38.8 Å². The maximum absolute atomic E-state index is 14.0. The number of aryl methyl sites for hydroxylation is 1. The average Bonchev–Trinajstić information content (AvgIpc) is 2.89. The molecule has 8 nitrogen and oxygen atoms in total. The van der Waals surface area contributed by atoms with Crippen LogP contribution in [0.5, 0.6) is 5.75 Å². The zero-order chi connectivity index (χ0) is 29.7. The average molecular weight is 586 g/mol. The number of ether oxygens (including phenoxy) is 1. The second kappa shape index (κ2) is 12.7. The molecule has 1 atom stereocenters. The van der Waals surface area contributed by atoms with E-state index in [4.69, 9.17) is 16.3 Å². The highest BCUT2D eigenvalue weighted by molar-refractivity contribution is 7.92. The van der Waals surface area contributed by atoms with Gasteiger partial charge in [0, 0.05) is 17.1 Å². The van der Waals surface area contributed by atoms with Crippen molar-refractivity contribution < 1.29 is 22.7 Å². The standard InChI is InChI=1S/C30H36ClN3O5S/c1-21-10-16-27(17-11-21)40(37,38)34(25-9-7-8-24(31)18-25)20-28(35)33(22(2)29(36)32-30(3,4)5)19-23-12-14-26(39-6)15-13-23/h7-18,22H,19-20H2,1-6H3,(H,32,36)/t22-/m1/s1. The third-order valence-corrected chi connectivity index (χ3v) is 8.18. The number of amides is 2. The Morgan fingerprint density at radius 1 is 1.00 bits per heavy atom. The van der Waals surface area contributed by atoms with Gasteiger partial charge in [0.25, 0.3) is 10.0 Å². The minimum Gasteiger partial charge on any atom is -0.497 e. The van der Waals surface area contributed by atoms with Crippen molar-refractivity contribution in [1.29, 1.82) is 0 Å². The molecule has 40 heavy (non-hydrogen) atoms. The Labute approximate surface area is 241 Å². The van der Waals surface area contributed by atoms with Crippen molar-refractivity contribution in [2.45, 2.75) is 57.6 Å². The number of rotatable bonds is 10. The number of carbonyl (C=O) groups excluding carboxylic acids is 2. The van der Waals surface area contributed by atoms with E-state index < -0.39 is 34.1 Å². The Balaban J connectivity index is 2.03. The molecule has 0 unspecified atom stereocenters. The number of halogens is 1. The van der Waals surface area contributed by atoms with Gasteiger partial charge in [-0.05, 0) is 82.6 Å². The van der Waals surface area contributed by atoms with Gasteiger partial charge >= 0.3 is 0 Å². The maximum Gasteiger partial charge on any atom is 0.264 e. The summed E-state index contributed by atoms with van der Waals surface area (Å²) in [7, 11) is -2.60. The first-order valence-electron chi connectivity index (χ1n) is 12.8. The van der Waals surface area contributed by atoms with Crippen molar-refractivity contribution in [3.8, 4) is 5.75 Å². The van der Waals surface area contributed by atoms with Gasteiger partial charge in [0.2, 0.25) is 11.8 Å². The number of carbonyl (C=O) groups is 2. The molecule has 0 heterocycles. The van der Waals surface area contributed by atoms with Crippen LogP contribution in [0.25, 0.3) is 0 Å². The van der Waals surface area contributed by atoms with E-state index in [1.165, 1.54) is 23.1 Å². The smallest absolute Gasteiger partial charge is 0.264 e. The lowest BCUT2D eigenvalue weighted by Gasteiger charge is -2.33. The molecule has 1 N–H and O–H groups in total. The van der Waals surface area contributed by atoms with Gasteiger partial charge in [0.1, 0.15) is 18.3 Å². The number of nitrogens with one attached hydrogen (secondary N) is 1. The number of hydrogen-bond acceptors (Lipinski definition) is 5. The van der Waals surface area contributed by atoms with Crippen molar-refractivity contribution in [2.75, 3.05) is 18.0 Å². The fraction of sp³-hybridized carbons (Fsp3) is 0.333. The van der Waals surface area contributed by atoms with Crippen LogP contribution in [-0.2, 0) is 26.2 Å². The molecule has 3 aromatic rings. The summed E-state index contributed by atoms with van der Waals surface area (Å²) in [6.45, 7) is 8.57. The quantitative estimate of drug-likeness (QED) is 0.353. The molecule has 3 aromatic carbocycles. The number of nitrogens with zero attached hydrogens (tertiary/aromatic N) is 2. The maximum atomic E-state index is 14.0. The van der Waals surface area contributed by atoms with Gasteiger partial charge in [-0.2, -0.15) is 0 Å². The highest BCUT2D eigenvalue weighted by Gasteiger charge is 2.33. The van der Waals surface area contributed by atoms with Crippen LogP contribution < -0.4 is 14.4 Å². The summed E-state index contributed by atoms with van der Waals surface area (Å²) >= 11 is 6.21. The van der Waals surface area contributed by atoms with Crippen molar-refractivity contribution >= 4 is 39.1 Å². The number of benzene rings is 3. The Kier molecular flexibility index (Phi) is 9.87. The van der Waals surface area contributed by atoms with E-state index in [1.807, 2.05) is 27.7 Å². The minimum atomic E-state index is -4.16. The summed E-state index contributed by atoms with van der Waals surface area (Å²) in [6.07, 6.45) is 0. The van der Waals surface area contributed by atoms with Crippen molar-refractivity contribution in [2.24, 2.45) is 0 Å². The van der Waals surface area contributed by atoms with E-state index in [-0.39, 0.29) is 23.0 Å². The lowest BCUT2D eigenvalue weighted by Crippen LogP contribution is -2.54. The highest BCUT2D eigenvalue weighted by atomic mass is 35.5. The fourth-order valence-electron chi connectivity index (χ4n) is 3.98. The molecule has 0 spiro atoms. The summed E-state index contributed by atoms with van der Waals surface area (Å²) in [4.78, 5) is 28.6. The highest BCUT2D eigenvalue weighted by Crippen LogP contribution is 2.27. The topological polar surface area (TPSA) is 96.0 Å². The lowest BCUT2D eigenvalue weighted by molar-refractivity contribution is -0.140. The summed E-state index contributed by atoms with van der Waals surface area (Å²) < 4.78 is 34.0. The molecule has 10 heteroatoms. The zero-order valence-electron chi connectivity index (χ0n) is 23.6. The molecule has 0 radical (unpaired) electrons. The number of methoxy groups -OCH3 is 1. The van der Waals surface area contributed by atoms with Crippen LogP contribution in [0.3, 0.4) is 0 Å². The predicted molar refractivity (Wildman–Crippen MR) is 158 cm³/mol. The van der Waals surface area contributed by atoms with Crippen LogP contribution >= 0.6 is 11.6 Å². The Hall–Kier alpha value is -3.56. The number of hydrogen-bond donors (Lipinski definition) is 1. The first kappa shape index (κ1) is 31.0. The molecule has 0 saturated carbocycles. The summed E-state index contributed by atoms with van der Waals surface area (Å²) in [6, 6.07) is 18.9. The molecule has 0 aliphatic heterocycles. The van der Waals surface area contributed by atoms with Crippen LogP contribution in [0.2, 0.25) is 5.02 Å². The molecule has 2 amide bonds. The van der Waals surface area contributed by atoms with Crippen LogP contribution in [-0.4, -0.2) is 50.4 Å². The fourth-order valence-corrected chi connectivity index (χ4v) is 5.57. The minimum absolute atomic E-state index is 0.0334. The molecule has 0 aliphatic carbocycles. The Bertz CT molecular complexity index is 1440. The molecular weight excluding hydrogens is 550 g/mol. The van der Waals surface area contributed by atoms with E-state index in [9.17, 15) is 18.0 Å². The first-order chi connectivity index (χ1) is 18.7. The molecule has 214 valence electrons. The van der Waals surface area contributed by atoms with Crippen LogP contribution in [0.15, 0.2) is 77.7 Å². The van der Waals surface area contributed by atoms with E-state index in [2.05, 4.69) is 5.32 Å². The largest absolute Gasteiger partial charge is 0.497 e. The van der Waals surface area contributed by atoms with Crippen molar-refractivity contribution in [3.05, 3.63) is 88.9 Å². The number of anilines is 1. The van der Waals surface area contributed by atoms with E-state index >= 15 is 0 Å². The van der Waals surface area contributed by atoms with Gasteiger partial charge in [-0.25, -0.2) is 8.42 Å². The molecule has 0 aromatic heterocycles. The molecule has 0 bridgehead atoms. The zero-order valence-corrected chi connectivity index (χ0v) is 25.2. The summed E-state index contributed by atoms with van der Waals surface area (Å²) in [5.74, 6) is -0.260. The van der Waals surface area contributed by atoms with E-state index in [0.29, 0.717) is 10.8 Å². The third-order valence-electron chi connectivity index (χ3n) is 6.16. The molecule has 3 rings (SSSR count). The van der Waals surface area contributed by atoms with Gasteiger partial charge in [-0.1, -0.05) is 47.5 Å². The normalized spacial score (nSPS) is 12.4. The second-order valence-electron chi connectivity index (χ2n) is 10.6. The summed E-state index contributed by atoms with van der Waals surface area (Å²) in [5, 5.41) is 3.23. The van der Waals surface area contributed by atoms with Crippen molar-refractivity contribution in [3.63, 3.8) is 0 Å². The van der Waals surface area contributed by atoms with Crippen LogP contribution in [0.4, 0.5) is 5.69 Å². The van der Waals surface area contributed by atoms with Gasteiger partial charge in [0.05, 0.1) is 17.7 Å². The van der Waals surface area contributed by atoms with Gasteiger partial charge in [0.15, 0.2) is 0 Å². The Morgan fingerprint density at radius 3 is 2.17 bits per heavy atom. The van der Waals surface area contributed by atoms with Gasteiger partial charge in [-0.3, -0.25) is 13.9 Å². The molecule has 0 aliphatic rings. The van der Waals surface area contributed by atoms with Gasteiger partial charge < -0.3 is 15.0 Å². The SMILES string of the molecule is COc1ccc(CN(C(=O)CN(c2cccc(Cl)c2)S(=O)(=O)c2ccc(C)cc2)[C@H](C)C(=O)NC(C)(C)C)cc1. The van der Waals surface area contributed by atoms with Crippen LogP contribution in [0, 0.1) is 6.92 Å². The first-order valence-corrected chi connectivity index (χ1v) is 14.6. The molecule has 0 fully saturated rings. The van der Waals surface area contributed by atoms with Gasteiger partial charge in [-0.15, -0.1) is 0 Å². The van der Waals surface area contributed by atoms with Crippen molar-refractivity contribution in [1.82, 2.24) is 10.2 Å². The summed E-state index contributed by atoms with van der Waals surface area (Å²) in [5.41, 5.74) is 1.36. The Morgan fingerprint density at radius 2 is 1.62 bits per heavy atom. The number of sulfonamides is 1. The monoisotopic (exact) mass is 585 g/mol. The second-order valence-corrected chi connectivity index (χ2v) is 12.9. The lowest BCUT2D eigenvalue weighted by atomic mass is 10.1. The third kappa shape index (κ3) is 7.99. The molecular formula is C30H36ClN3O5S.